The number of hydrogen-bond donors (Lipinski definition) is 2. The van der Waals surface area contributed by atoms with E-state index in [0.29, 0.717) is 18.0 Å². The summed E-state index contributed by atoms with van der Waals surface area (Å²) < 4.78 is 3.84. The maximum absolute atomic E-state index is 8.11. The van der Waals surface area contributed by atoms with Crippen LogP contribution in [0.5, 0.6) is 0 Å². The maximum Gasteiger partial charge on any atom is 0.201 e. The van der Waals surface area contributed by atoms with Gasteiger partial charge in [-0.1, -0.05) is 34.6 Å². The highest BCUT2D eigenvalue weighted by atomic mass is 32.2. The minimum Gasteiger partial charge on any atom is -0.369 e. The molecule has 0 atom stereocenters. The molecule has 0 unspecified atom stereocenters. The summed E-state index contributed by atoms with van der Waals surface area (Å²) in [5.41, 5.74) is 6.42. The van der Waals surface area contributed by atoms with E-state index in [2.05, 4.69) is 43.9 Å². The van der Waals surface area contributed by atoms with Crippen molar-refractivity contribution in [1.82, 2.24) is 8.87 Å². The molecule has 6 heteroatoms. The lowest BCUT2D eigenvalue weighted by molar-refractivity contribution is 0.428. The fourth-order valence-electron chi connectivity index (χ4n) is 1.63. The predicted molar refractivity (Wildman–Crippen MR) is 90.4 cm³/mol. The van der Waals surface area contributed by atoms with Crippen LogP contribution in [0.1, 0.15) is 34.6 Å². The van der Waals surface area contributed by atoms with E-state index >= 15 is 0 Å². The molecule has 21 heavy (non-hydrogen) atoms. The van der Waals surface area contributed by atoms with Crippen LogP contribution in [0.15, 0.2) is 28.2 Å². The SMILES string of the molecule is CCN(CC)Sc1ccn(C(N)=NCC(C)(C)C)c(=N)c1. The summed E-state index contributed by atoms with van der Waals surface area (Å²) in [6.07, 6.45) is 1.82. The summed E-state index contributed by atoms with van der Waals surface area (Å²) in [5.74, 6) is 0.370. The van der Waals surface area contributed by atoms with E-state index in [4.69, 9.17) is 11.1 Å². The van der Waals surface area contributed by atoms with Crippen molar-refractivity contribution < 1.29 is 0 Å². The lowest BCUT2D eigenvalue weighted by Crippen LogP contribution is -2.33. The van der Waals surface area contributed by atoms with Crippen molar-refractivity contribution >= 4 is 17.9 Å². The first-order valence-corrected chi connectivity index (χ1v) is 8.04. The third kappa shape index (κ3) is 5.93. The highest BCUT2D eigenvalue weighted by Crippen LogP contribution is 2.20. The predicted octanol–water partition coefficient (Wildman–Crippen LogP) is 2.53. The smallest absolute Gasteiger partial charge is 0.201 e. The van der Waals surface area contributed by atoms with Crippen LogP contribution in [0, 0.1) is 10.8 Å². The molecule has 1 rings (SSSR count). The minimum atomic E-state index is 0.0892. The summed E-state index contributed by atoms with van der Waals surface area (Å²) in [4.78, 5) is 5.41. The molecular formula is C15H27N5S. The molecule has 3 N–H and O–H groups in total. The van der Waals surface area contributed by atoms with E-state index in [9.17, 15) is 0 Å². The summed E-state index contributed by atoms with van der Waals surface area (Å²) >= 11 is 1.66. The highest BCUT2D eigenvalue weighted by Gasteiger charge is 2.10. The molecule has 0 radical (unpaired) electrons. The van der Waals surface area contributed by atoms with E-state index in [1.807, 2.05) is 18.3 Å². The normalized spacial score (nSPS) is 13.0. The van der Waals surface area contributed by atoms with Gasteiger partial charge in [-0.3, -0.25) is 15.0 Å². The van der Waals surface area contributed by atoms with Gasteiger partial charge in [0.05, 0.1) is 0 Å². The largest absolute Gasteiger partial charge is 0.369 e. The van der Waals surface area contributed by atoms with Crippen LogP contribution < -0.4 is 11.2 Å². The van der Waals surface area contributed by atoms with Gasteiger partial charge in [-0.25, -0.2) is 4.31 Å². The number of rotatable bonds is 5. The summed E-state index contributed by atoms with van der Waals surface area (Å²) in [7, 11) is 0. The van der Waals surface area contributed by atoms with Gasteiger partial charge in [0.1, 0.15) is 5.49 Å². The minimum absolute atomic E-state index is 0.0892. The Morgan fingerprint density at radius 3 is 2.48 bits per heavy atom. The van der Waals surface area contributed by atoms with Gasteiger partial charge in [-0.2, -0.15) is 0 Å². The van der Waals surface area contributed by atoms with Crippen LogP contribution in [0.25, 0.3) is 0 Å². The van der Waals surface area contributed by atoms with Gasteiger partial charge in [-0.15, -0.1) is 0 Å². The average molecular weight is 309 g/mol. The van der Waals surface area contributed by atoms with E-state index in [1.54, 1.807) is 16.5 Å². The van der Waals surface area contributed by atoms with Crippen molar-refractivity contribution in [1.29, 1.82) is 5.41 Å². The first-order chi connectivity index (χ1) is 9.76. The highest BCUT2D eigenvalue weighted by molar-refractivity contribution is 7.97. The molecule has 0 aliphatic rings. The zero-order chi connectivity index (χ0) is 16.0. The van der Waals surface area contributed by atoms with Crippen molar-refractivity contribution in [3.8, 4) is 0 Å². The standard InChI is InChI=1S/C15H27N5S/c1-6-19(7-2)21-12-8-9-20(13(16)10-12)14(17)18-11-15(3,4)5/h8-10,16H,6-7,11H2,1-5H3,(H2,17,18). The van der Waals surface area contributed by atoms with E-state index in [1.165, 1.54) is 0 Å². The summed E-state index contributed by atoms with van der Waals surface area (Å²) in [6, 6.07) is 3.79. The number of nitrogens with zero attached hydrogens (tertiary/aromatic N) is 3. The zero-order valence-electron chi connectivity index (χ0n) is 13.7. The van der Waals surface area contributed by atoms with E-state index < -0.39 is 0 Å². The molecule has 0 saturated carbocycles. The van der Waals surface area contributed by atoms with Crippen LogP contribution in [0.2, 0.25) is 0 Å². The second-order valence-electron chi connectivity index (χ2n) is 6.06. The van der Waals surface area contributed by atoms with Crippen LogP contribution >= 0.6 is 11.9 Å². The second-order valence-corrected chi connectivity index (χ2v) is 7.23. The molecule has 0 aliphatic carbocycles. The molecule has 0 bridgehead atoms. The third-order valence-electron chi connectivity index (χ3n) is 2.83. The van der Waals surface area contributed by atoms with Crippen LogP contribution in [-0.4, -0.2) is 34.5 Å². The Hall–Kier alpha value is -1.27. The van der Waals surface area contributed by atoms with Crippen molar-refractivity contribution in [2.24, 2.45) is 16.1 Å². The average Bonchev–Trinajstić information content (AvgIpc) is 2.41. The van der Waals surface area contributed by atoms with Gasteiger partial charge in [0.25, 0.3) is 0 Å². The van der Waals surface area contributed by atoms with Crippen molar-refractivity contribution in [2.45, 2.75) is 39.5 Å². The summed E-state index contributed by atoms with van der Waals surface area (Å²) in [6.45, 7) is 13.2. The molecule has 1 aromatic heterocycles. The first kappa shape index (κ1) is 17.8. The number of nitrogens with two attached hydrogens (primary N) is 1. The lowest BCUT2D eigenvalue weighted by atomic mass is 9.97. The van der Waals surface area contributed by atoms with Gasteiger partial charge in [0.15, 0.2) is 0 Å². The number of hydrogen-bond acceptors (Lipinski definition) is 4. The molecule has 0 fully saturated rings. The third-order valence-corrected chi connectivity index (χ3v) is 4.07. The van der Waals surface area contributed by atoms with Crippen molar-refractivity contribution in [2.75, 3.05) is 19.6 Å². The van der Waals surface area contributed by atoms with Gasteiger partial charge in [0, 0.05) is 30.7 Å². The number of pyridine rings is 1. The Morgan fingerprint density at radius 1 is 1.38 bits per heavy atom. The Kier molecular flexibility index (Phi) is 6.48. The number of aliphatic imine (C=N–C) groups is 1. The van der Waals surface area contributed by atoms with Gasteiger partial charge < -0.3 is 5.73 Å². The Morgan fingerprint density at radius 2 is 2.00 bits per heavy atom. The Balaban J connectivity index is 2.90. The van der Waals surface area contributed by atoms with Gasteiger partial charge in [0.2, 0.25) is 5.96 Å². The number of aromatic nitrogens is 1. The molecule has 0 spiro atoms. The number of nitrogens with one attached hydrogen (secondary N) is 1. The van der Waals surface area contributed by atoms with Crippen molar-refractivity contribution in [3.05, 3.63) is 23.8 Å². The van der Waals surface area contributed by atoms with Crippen LogP contribution in [0.3, 0.4) is 0 Å². The fraction of sp³-hybridized carbons (Fsp3) is 0.600. The molecule has 1 heterocycles. The van der Waals surface area contributed by atoms with Crippen LogP contribution in [-0.2, 0) is 0 Å². The van der Waals surface area contributed by atoms with E-state index in [-0.39, 0.29) is 5.41 Å². The van der Waals surface area contributed by atoms with E-state index in [0.717, 1.165) is 18.0 Å². The monoisotopic (exact) mass is 309 g/mol. The quantitative estimate of drug-likeness (QED) is 0.499. The topological polar surface area (TPSA) is 70.4 Å². The molecule has 0 aromatic carbocycles. The second kappa shape index (κ2) is 7.66. The molecular weight excluding hydrogens is 282 g/mol. The molecule has 118 valence electrons. The molecule has 1 aromatic rings. The van der Waals surface area contributed by atoms with Crippen LogP contribution in [0.4, 0.5) is 0 Å². The fourth-order valence-corrected chi connectivity index (χ4v) is 2.48. The summed E-state index contributed by atoms with van der Waals surface area (Å²) in [5, 5.41) is 8.11. The van der Waals surface area contributed by atoms with Crippen molar-refractivity contribution in [3.63, 3.8) is 0 Å². The maximum atomic E-state index is 8.11. The molecule has 5 nitrogen and oxygen atoms in total. The first-order valence-electron chi connectivity index (χ1n) is 7.27. The lowest BCUT2D eigenvalue weighted by Gasteiger charge is -2.17. The Bertz CT molecular complexity index is 538. The molecule has 0 amide bonds. The zero-order valence-corrected chi connectivity index (χ0v) is 14.5. The van der Waals surface area contributed by atoms with Gasteiger partial charge in [-0.05, 0) is 29.5 Å². The van der Waals surface area contributed by atoms with Gasteiger partial charge >= 0.3 is 0 Å². The molecule has 0 saturated heterocycles. The molecule has 0 aliphatic heterocycles. The Labute approximate surface area is 131 Å².